The Morgan fingerprint density at radius 3 is 2.76 bits per heavy atom. The van der Waals surface area contributed by atoms with Crippen LogP contribution in [-0.2, 0) is 13.1 Å². The topological polar surface area (TPSA) is 55.8 Å². The van der Waals surface area contributed by atoms with Crippen LogP contribution in [0.15, 0.2) is 56.3 Å². The lowest BCUT2D eigenvalue weighted by atomic mass is 9.77. The minimum Gasteiger partial charge on any atom is -0.497 e. The summed E-state index contributed by atoms with van der Waals surface area (Å²) in [6.45, 7) is 6.08. The lowest BCUT2D eigenvalue weighted by molar-refractivity contribution is 0.0634. The molecule has 1 aliphatic rings. The van der Waals surface area contributed by atoms with E-state index in [2.05, 4.69) is 18.7 Å². The zero-order valence-corrected chi connectivity index (χ0v) is 17.4. The fourth-order valence-corrected chi connectivity index (χ4v) is 4.65. The molecule has 5 nitrogen and oxygen atoms in total. The Bertz CT molecular complexity index is 1010. The highest BCUT2D eigenvalue weighted by Crippen LogP contribution is 2.35. The highest BCUT2D eigenvalue weighted by Gasteiger charge is 2.32. The lowest BCUT2D eigenvalue weighted by Crippen LogP contribution is -2.43. The second-order valence-corrected chi connectivity index (χ2v) is 8.27. The van der Waals surface area contributed by atoms with Crippen LogP contribution in [0.4, 0.5) is 0 Å². The Morgan fingerprint density at radius 2 is 2.00 bits per heavy atom. The first kappa shape index (κ1) is 19.8. The highest BCUT2D eigenvalue weighted by molar-refractivity contribution is 5.81. The quantitative estimate of drug-likeness (QED) is 0.536. The molecule has 5 heteroatoms. The van der Waals surface area contributed by atoms with Crippen LogP contribution in [0.5, 0.6) is 5.75 Å². The summed E-state index contributed by atoms with van der Waals surface area (Å²) in [5.41, 5.74) is 1.24. The van der Waals surface area contributed by atoms with Gasteiger partial charge in [-0.2, -0.15) is 0 Å². The first-order valence-electron chi connectivity index (χ1n) is 10.4. The molecule has 0 bridgehead atoms. The maximum absolute atomic E-state index is 12.2. The fourth-order valence-electron chi connectivity index (χ4n) is 4.65. The molecule has 0 amide bonds. The van der Waals surface area contributed by atoms with Crippen LogP contribution < -0.4 is 10.4 Å². The van der Waals surface area contributed by atoms with Gasteiger partial charge in [-0.3, -0.25) is 4.90 Å². The van der Waals surface area contributed by atoms with Crippen molar-refractivity contribution in [2.24, 2.45) is 11.8 Å². The van der Waals surface area contributed by atoms with Crippen molar-refractivity contribution in [3.05, 3.63) is 64.4 Å². The van der Waals surface area contributed by atoms with Gasteiger partial charge in [-0.25, -0.2) is 4.79 Å². The number of benzene rings is 1. The summed E-state index contributed by atoms with van der Waals surface area (Å²) in [6.07, 6.45) is 5.39. The third-order valence-corrected chi connectivity index (χ3v) is 6.48. The maximum Gasteiger partial charge on any atom is 0.336 e. The highest BCUT2D eigenvalue weighted by atomic mass is 16.5. The van der Waals surface area contributed by atoms with Crippen molar-refractivity contribution in [1.29, 1.82) is 0 Å². The van der Waals surface area contributed by atoms with Gasteiger partial charge in [0, 0.05) is 24.0 Å². The Balaban J connectivity index is 1.72. The summed E-state index contributed by atoms with van der Waals surface area (Å²) in [4.78, 5) is 14.7. The number of methoxy groups -OCH3 is 1. The van der Waals surface area contributed by atoms with Gasteiger partial charge in [0.15, 0.2) is 0 Å². The summed E-state index contributed by atoms with van der Waals surface area (Å²) in [5, 5.41) is 0.921. The summed E-state index contributed by atoms with van der Waals surface area (Å²) in [6, 6.07) is 11.6. The van der Waals surface area contributed by atoms with E-state index < -0.39 is 0 Å². The van der Waals surface area contributed by atoms with Crippen molar-refractivity contribution < 1.29 is 13.6 Å². The van der Waals surface area contributed by atoms with Gasteiger partial charge >= 0.3 is 5.63 Å². The Labute approximate surface area is 171 Å². The van der Waals surface area contributed by atoms with E-state index in [0.717, 1.165) is 35.4 Å². The van der Waals surface area contributed by atoms with E-state index in [4.69, 9.17) is 13.6 Å². The molecule has 154 valence electrons. The molecule has 2 aromatic heterocycles. The van der Waals surface area contributed by atoms with Gasteiger partial charge < -0.3 is 13.6 Å². The number of ether oxygens (including phenoxy) is 1. The average molecular weight is 395 g/mol. The molecular formula is C24H29NO4. The summed E-state index contributed by atoms with van der Waals surface area (Å²) in [7, 11) is 1.65. The first-order chi connectivity index (χ1) is 14.0. The number of hydrogen-bond acceptors (Lipinski definition) is 5. The van der Waals surface area contributed by atoms with Crippen LogP contribution >= 0.6 is 0 Å². The van der Waals surface area contributed by atoms with Gasteiger partial charge in [-0.15, -0.1) is 0 Å². The fraction of sp³-hybridized carbons (Fsp3) is 0.458. The summed E-state index contributed by atoms with van der Waals surface area (Å²) in [5.74, 6) is 2.97. The van der Waals surface area contributed by atoms with E-state index >= 15 is 0 Å². The van der Waals surface area contributed by atoms with E-state index in [1.807, 2.05) is 24.3 Å². The molecular weight excluding hydrogens is 366 g/mol. The normalized spacial score (nSPS) is 22.3. The minimum absolute atomic E-state index is 0.319. The Hall–Kier alpha value is -2.53. The third-order valence-electron chi connectivity index (χ3n) is 6.48. The number of rotatable bonds is 6. The Kier molecular flexibility index (Phi) is 5.76. The molecule has 0 saturated heterocycles. The lowest BCUT2D eigenvalue weighted by Gasteiger charge is -2.41. The standard InChI is InChI=1S/C24H29NO4/c1-16-6-4-8-22(17(16)2)25(15-20-7-5-11-28-20)14-18-12-24(26)29-23-10-9-19(27-3)13-21(18)23/h5,7,9-13,16-17,22H,4,6,8,14-15H2,1-3H3. The SMILES string of the molecule is COc1ccc2oc(=O)cc(CN(Cc3ccco3)C3CCCC(C)C3C)c2c1. The monoisotopic (exact) mass is 395 g/mol. The zero-order valence-electron chi connectivity index (χ0n) is 17.4. The second-order valence-electron chi connectivity index (χ2n) is 8.27. The molecule has 2 heterocycles. The molecule has 1 fully saturated rings. The molecule has 1 saturated carbocycles. The predicted octanol–water partition coefficient (Wildman–Crippen LogP) is 5.22. The third kappa shape index (κ3) is 4.25. The van der Waals surface area contributed by atoms with Gasteiger partial charge in [-0.05, 0) is 54.2 Å². The van der Waals surface area contributed by atoms with Gasteiger partial charge in [0.05, 0.1) is 19.9 Å². The Morgan fingerprint density at radius 1 is 1.14 bits per heavy atom. The van der Waals surface area contributed by atoms with Crippen molar-refractivity contribution >= 4 is 11.0 Å². The van der Waals surface area contributed by atoms with Crippen LogP contribution in [0.25, 0.3) is 11.0 Å². The summed E-state index contributed by atoms with van der Waals surface area (Å²) >= 11 is 0. The molecule has 29 heavy (non-hydrogen) atoms. The average Bonchev–Trinajstić information content (AvgIpc) is 3.22. The van der Waals surface area contributed by atoms with Gasteiger partial charge in [0.25, 0.3) is 0 Å². The van der Waals surface area contributed by atoms with Crippen LogP contribution in [0, 0.1) is 11.8 Å². The molecule has 0 N–H and O–H groups in total. The van der Waals surface area contributed by atoms with Crippen molar-refractivity contribution in [2.75, 3.05) is 7.11 Å². The molecule has 0 radical (unpaired) electrons. The number of nitrogens with zero attached hydrogens (tertiary/aromatic N) is 1. The minimum atomic E-state index is -0.319. The van der Waals surface area contributed by atoms with Crippen LogP contribution in [0.1, 0.15) is 44.4 Å². The smallest absolute Gasteiger partial charge is 0.336 e. The molecule has 3 unspecified atom stereocenters. The van der Waals surface area contributed by atoms with Crippen molar-refractivity contribution in [1.82, 2.24) is 4.90 Å². The predicted molar refractivity (Wildman–Crippen MR) is 113 cm³/mol. The van der Waals surface area contributed by atoms with E-state index in [-0.39, 0.29) is 5.63 Å². The van der Waals surface area contributed by atoms with Crippen LogP contribution in [0.3, 0.4) is 0 Å². The summed E-state index contributed by atoms with van der Waals surface area (Å²) < 4.78 is 16.5. The molecule has 3 aromatic rings. The number of hydrogen-bond donors (Lipinski definition) is 0. The van der Waals surface area contributed by atoms with E-state index in [1.165, 1.54) is 12.8 Å². The van der Waals surface area contributed by atoms with Crippen molar-refractivity contribution in [3.8, 4) is 5.75 Å². The van der Waals surface area contributed by atoms with Crippen molar-refractivity contribution in [3.63, 3.8) is 0 Å². The van der Waals surface area contributed by atoms with E-state index in [0.29, 0.717) is 30.0 Å². The van der Waals surface area contributed by atoms with Gasteiger partial charge in [-0.1, -0.05) is 26.7 Å². The number of fused-ring (bicyclic) bond motifs is 1. The maximum atomic E-state index is 12.2. The van der Waals surface area contributed by atoms with Crippen molar-refractivity contribution in [2.45, 2.75) is 52.2 Å². The molecule has 4 rings (SSSR count). The zero-order chi connectivity index (χ0) is 20.4. The first-order valence-corrected chi connectivity index (χ1v) is 10.4. The largest absolute Gasteiger partial charge is 0.497 e. The molecule has 0 spiro atoms. The molecule has 1 aliphatic carbocycles. The van der Waals surface area contributed by atoms with Crippen LogP contribution in [-0.4, -0.2) is 18.1 Å². The van der Waals surface area contributed by atoms with Gasteiger partial charge in [0.2, 0.25) is 0 Å². The molecule has 1 aromatic carbocycles. The van der Waals surface area contributed by atoms with E-state index in [9.17, 15) is 4.79 Å². The number of furan rings is 1. The van der Waals surface area contributed by atoms with E-state index in [1.54, 1.807) is 25.5 Å². The molecule has 3 atom stereocenters. The van der Waals surface area contributed by atoms with Crippen LogP contribution in [0.2, 0.25) is 0 Å². The van der Waals surface area contributed by atoms with Gasteiger partial charge in [0.1, 0.15) is 17.1 Å². The second kappa shape index (κ2) is 8.46. The molecule has 0 aliphatic heterocycles.